The summed E-state index contributed by atoms with van der Waals surface area (Å²) in [6, 6.07) is 17.1. The van der Waals surface area contributed by atoms with Gasteiger partial charge in [0, 0.05) is 15.7 Å². The van der Waals surface area contributed by atoms with Gasteiger partial charge in [-0.1, -0.05) is 65.3 Å². The van der Waals surface area contributed by atoms with E-state index in [0.29, 0.717) is 33.1 Å². The van der Waals surface area contributed by atoms with Crippen molar-refractivity contribution in [3.63, 3.8) is 0 Å². The fourth-order valence-electron chi connectivity index (χ4n) is 3.39. The molecule has 0 saturated heterocycles. The SMILES string of the molecule is Cc1ccccc1CSc1nnc(C(C)NC(=O)Cc2cccs2)n1-c1ccc(Cl)cc1Cl. The first kappa shape index (κ1) is 23.8. The second-order valence-corrected chi connectivity index (χ2v) is 10.4. The summed E-state index contributed by atoms with van der Waals surface area (Å²) in [4.78, 5) is 13.6. The summed E-state index contributed by atoms with van der Waals surface area (Å²) in [6.45, 7) is 3.99. The molecule has 0 aliphatic heterocycles. The predicted octanol–water partition coefficient (Wildman–Crippen LogP) is 6.66. The molecule has 4 aromatic rings. The molecule has 0 saturated carbocycles. The Morgan fingerprint density at radius 3 is 2.70 bits per heavy atom. The monoisotopic (exact) mass is 516 g/mol. The lowest BCUT2D eigenvalue weighted by Crippen LogP contribution is -2.29. The molecule has 0 aliphatic carbocycles. The first-order chi connectivity index (χ1) is 15.9. The third-order valence-corrected chi connectivity index (χ3v) is 7.50. The summed E-state index contributed by atoms with van der Waals surface area (Å²) in [5, 5.41) is 15.6. The molecule has 2 aromatic carbocycles. The highest BCUT2D eigenvalue weighted by Gasteiger charge is 2.23. The average molecular weight is 518 g/mol. The fourth-order valence-corrected chi connectivity index (χ4v) is 5.61. The number of carbonyl (C=O) groups is 1. The maximum absolute atomic E-state index is 12.6. The van der Waals surface area contributed by atoms with Crippen LogP contribution in [0.1, 0.15) is 34.8 Å². The number of hydrogen-bond acceptors (Lipinski definition) is 5. The van der Waals surface area contributed by atoms with Crippen LogP contribution in [0.2, 0.25) is 10.0 Å². The van der Waals surface area contributed by atoms with Gasteiger partial charge in [0.05, 0.1) is 23.2 Å². The number of carbonyl (C=O) groups excluding carboxylic acids is 1. The minimum atomic E-state index is -0.371. The molecular formula is C24H22Cl2N4OS2. The normalized spacial score (nSPS) is 12.0. The highest BCUT2D eigenvalue weighted by molar-refractivity contribution is 7.98. The molecule has 0 aliphatic rings. The van der Waals surface area contributed by atoms with E-state index in [1.807, 2.05) is 47.2 Å². The maximum Gasteiger partial charge on any atom is 0.225 e. The summed E-state index contributed by atoms with van der Waals surface area (Å²) in [7, 11) is 0. The largest absolute Gasteiger partial charge is 0.346 e. The highest BCUT2D eigenvalue weighted by atomic mass is 35.5. The Morgan fingerprint density at radius 2 is 1.97 bits per heavy atom. The Labute approximate surface area is 211 Å². The van der Waals surface area contributed by atoms with E-state index in [0.717, 1.165) is 10.6 Å². The van der Waals surface area contributed by atoms with E-state index in [1.54, 1.807) is 35.2 Å². The van der Waals surface area contributed by atoms with Crippen molar-refractivity contribution in [2.24, 2.45) is 0 Å². The van der Waals surface area contributed by atoms with Gasteiger partial charge in [-0.05, 0) is 54.6 Å². The van der Waals surface area contributed by atoms with E-state index < -0.39 is 0 Å². The van der Waals surface area contributed by atoms with Crippen molar-refractivity contribution >= 4 is 52.2 Å². The van der Waals surface area contributed by atoms with Gasteiger partial charge in [-0.15, -0.1) is 21.5 Å². The lowest BCUT2D eigenvalue weighted by atomic mass is 10.1. The van der Waals surface area contributed by atoms with Gasteiger partial charge in [0.25, 0.3) is 0 Å². The highest BCUT2D eigenvalue weighted by Crippen LogP contribution is 2.32. The molecule has 0 fully saturated rings. The summed E-state index contributed by atoms with van der Waals surface area (Å²) in [6.07, 6.45) is 0.326. The Hall–Kier alpha value is -2.32. The third kappa shape index (κ3) is 5.79. The fraction of sp³-hybridized carbons (Fsp3) is 0.208. The molecule has 2 aromatic heterocycles. The van der Waals surface area contributed by atoms with Crippen LogP contribution in [0.3, 0.4) is 0 Å². The van der Waals surface area contributed by atoms with Crippen molar-refractivity contribution in [2.75, 3.05) is 0 Å². The Morgan fingerprint density at radius 1 is 1.15 bits per heavy atom. The third-order valence-electron chi connectivity index (χ3n) is 5.11. The van der Waals surface area contributed by atoms with E-state index in [9.17, 15) is 4.79 Å². The van der Waals surface area contributed by atoms with Gasteiger partial charge in [-0.25, -0.2) is 0 Å². The standard InChI is InChI=1S/C24H22Cl2N4OS2/c1-15-6-3-4-7-17(15)14-33-24-29-28-23(30(24)21-10-9-18(25)12-20(21)26)16(2)27-22(31)13-19-8-5-11-32-19/h3-12,16H,13-14H2,1-2H3,(H,27,31). The summed E-state index contributed by atoms with van der Waals surface area (Å²) < 4.78 is 1.90. The second-order valence-electron chi connectivity index (χ2n) is 7.53. The van der Waals surface area contributed by atoms with Gasteiger partial charge >= 0.3 is 0 Å². The van der Waals surface area contributed by atoms with Crippen LogP contribution in [0.15, 0.2) is 65.1 Å². The number of aryl methyl sites for hydroxylation is 1. The zero-order chi connectivity index (χ0) is 23.4. The van der Waals surface area contributed by atoms with Crippen LogP contribution in [-0.2, 0) is 17.0 Å². The van der Waals surface area contributed by atoms with E-state index in [1.165, 1.54) is 11.1 Å². The van der Waals surface area contributed by atoms with Crippen LogP contribution in [0.5, 0.6) is 0 Å². The number of benzene rings is 2. The molecular weight excluding hydrogens is 495 g/mol. The number of thiophene rings is 1. The van der Waals surface area contributed by atoms with Gasteiger partial charge in [0.1, 0.15) is 0 Å². The molecule has 2 heterocycles. The van der Waals surface area contributed by atoms with Crippen LogP contribution >= 0.6 is 46.3 Å². The molecule has 1 N–H and O–H groups in total. The number of thioether (sulfide) groups is 1. The molecule has 1 unspecified atom stereocenters. The first-order valence-electron chi connectivity index (χ1n) is 10.3. The lowest BCUT2D eigenvalue weighted by Gasteiger charge is -2.17. The summed E-state index contributed by atoms with van der Waals surface area (Å²) in [5.74, 6) is 1.26. The Balaban J connectivity index is 1.63. The smallest absolute Gasteiger partial charge is 0.225 e. The molecule has 0 bridgehead atoms. The predicted molar refractivity (Wildman–Crippen MR) is 137 cm³/mol. The molecule has 4 rings (SSSR count). The van der Waals surface area contributed by atoms with Crippen LogP contribution in [0, 0.1) is 6.92 Å². The van der Waals surface area contributed by atoms with Crippen molar-refractivity contribution in [1.82, 2.24) is 20.1 Å². The van der Waals surface area contributed by atoms with Crippen molar-refractivity contribution in [3.05, 3.63) is 91.9 Å². The molecule has 1 amide bonds. The molecule has 170 valence electrons. The van der Waals surface area contributed by atoms with Crippen LogP contribution in [0.4, 0.5) is 0 Å². The van der Waals surface area contributed by atoms with Crippen molar-refractivity contribution in [1.29, 1.82) is 0 Å². The van der Waals surface area contributed by atoms with Gasteiger partial charge in [-0.2, -0.15) is 0 Å². The van der Waals surface area contributed by atoms with E-state index >= 15 is 0 Å². The summed E-state index contributed by atoms with van der Waals surface area (Å²) in [5.41, 5.74) is 3.15. The number of hydrogen-bond donors (Lipinski definition) is 1. The van der Waals surface area contributed by atoms with Crippen molar-refractivity contribution < 1.29 is 4.79 Å². The minimum absolute atomic E-state index is 0.0733. The molecule has 5 nitrogen and oxygen atoms in total. The number of rotatable bonds is 8. The summed E-state index contributed by atoms with van der Waals surface area (Å²) >= 11 is 15.8. The second kappa shape index (κ2) is 10.7. The topological polar surface area (TPSA) is 59.8 Å². The number of aromatic nitrogens is 3. The molecule has 0 radical (unpaired) electrons. The van der Waals surface area contributed by atoms with Crippen molar-refractivity contribution in [3.8, 4) is 5.69 Å². The number of halogens is 2. The van der Waals surface area contributed by atoms with Crippen LogP contribution < -0.4 is 5.32 Å². The maximum atomic E-state index is 12.6. The number of nitrogens with one attached hydrogen (secondary N) is 1. The quantitative estimate of drug-likeness (QED) is 0.266. The van der Waals surface area contributed by atoms with Gasteiger partial charge in [0.2, 0.25) is 5.91 Å². The van der Waals surface area contributed by atoms with Gasteiger partial charge in [0.15, 0.2) is 11.0 Å². The van der Waals surface area contributed by atoms with E-state index in [-0.39, 0.29) is 11.9 Å². The van der Waals surface area contributed by atoms with Gasteiger partial charge < -0.3 is 5.32 Å². The van der Waals surface area contributed by atoms with Gasteiger partial charge in [-0.3, -0.25) is 9.36 Å². The Kier molecular flexibility index (Phi) is 7.75. The van der Waals surface area contributed by atoms with Crippen LogP contribution in [-0.4, -0.2) is 20.7 Å². The molecule has 33 heavy (non-hydrogen) atoms. The first-order valence-corrected chi connectivity index (χ1v) is 12.9. The Bertz CT molecular complexity index is 1260. The van der Waals surface area contributed by atoms with E-state index in [2.05, 4.69) is 34.6 Å². The molecule has 1 atom stereocenters. The average Bonchev–Trinajstić information content (AvgIpc) is 3.43. The van der Waals surface area contributed by atoms with Crippen molar-refractivity contribution in [2.45, 2.75) is 37.2 Å². The zero-order valence-electron chi connectivity index (χ0n) is 18.1. The lowest BCUT2D eigenvalue weighted by molar-refractivity contribution is -0.121. The number of amides is 1. The zero-order valence-corrected chi connectivity index (χ0v) is 21.2. The minimum Gasteiger partial charge on any atom is -0.346 e. The molecule has 9 heteroatoms. The number of nitrogens with zero attached hydrogens (tertiary/aromatic N) is 3. The molecule has 0 spiro atoms. The van der Waals surface area contributed by atoms with Crippen LogP contribution in [0.25, 0.3) is 5.69 Å². The van der Waals surface area contributed by atoms with E-state index in [4.69, 9.17) is 23.2 Å².